The third-order valence-corrected chi connectivity index (χ3v) is 5.99. The number of sulfone groups is 1. The lowest BCUT2D eigenvalue weighted by Crippen LogP contribution is -2.42. The normalized spacial score (nSPS) is 26.3. The van der Waals surface area contributed by atoms with E-state index in [0.717, 1.165) is 43.9 Å². The quantitative estimate of drug-likeness (QED) is 0.877. The third kappa shape index (κ3) is 2.55. The Labute approximate surface area is 114 Å². The van der Waals surface area contributed by atoms with Crippen molar-refractivity contribution in [1.29, 1.82) is 0 Å². The van der Waals surface area contributed by atoms with Gasteiger partial charge in [0, 0.05) is 32.7 Å². The van der Waals surface area contributed by atoms with Gasteiger partial charge in [0.15, 0.2) is 9.84 Å². The molecule has 0 bridgehead atoms. The van der Waals surface area contributed by atoms with Crippen LogP contribution in [0.25, 0.3) is 0 Å². The average molecular weight is 280 g/mol. The second kappa shape index (κ2) is 4.89. The minimum Gasteiger partial charge on any atom is -0.314 e. The third-order valence-electron chi connectivity index (χ3n) is 4.03. The number of nitrogens with one attached hydrogen (secondary N) is 1. The molecule has 4 nitrogen and oxygen atoms in total. The fourth-order valence-corrected chi connectivity index (χ4v) is 4.97. The van der Waals surface area contributed by atoms with Gasteiger partial charge in [-0.3, -0.25) is 4.90 Å². The summed E-state index contributed by atoms with van der Waals surface area (Å²) in [5.41, 5.74) is 2.10. The maximum atomic E-state index is 12.1. The zero-order chi connectivity index (χ0) is 13.5. The van der Waals surface area contributed by atoms with Crippen LogP contribution in [0.3, 0.4) is 0 Å². The molecule has 2 heterocycles. The van der Waals surface area contributed by atoms with Crippen LogP contribution in [0.1, 0.15) is 24.0 Å². The van der Waals surface area contributed by atoms with Gasteiger partial charge >= 0.3 is 0 Å². The first-order valence-electron chi connectivity index (χ1n) is 6.85. The molecule has 1 aromatic rings. The lowest BCUT2D eigenvalue weighted by Gasteiger charge is -2.27. The van der Waals surface area contributed by atoms with Gasteiger partial charge in [-0.1, -0.05) is 19.1 Å². The fraction of sp³-hybridized carbons (Fsp3) is 0.571. The van der Waals surface area contributed by atoms with E-state index in [0.29, 0.717) is 4.90 Å². The topological polar surface area (TPSA) is 49.4 Å². The first kappa shape index (κ1) is 13.1. The lowest BCUT2D eigenvalue weighted by molar-refractivity contribution is 0.233. The number of rotatable bonds is 2. The Morgan fingerprint density at radius 1 is 1.32 bits per heavy atom. The second-order valence-electron chi connectivity index (χ2n) is 5.58. The molecule has 19 heavy (non-hydrogen) atoms. The molecule has 2 aliphatic rings. The van der Waals surface area contributed by atoms with Crippen molar-refractivity contribution in [3.05, 3.63) is 29.3 Å². The summed E-state index contributed by atoms with van der Waals surface area (Å²) in [6, 6.07) is 5.97. The van der Waals surface area contributed by atoms with Crippen molar-refractivity contribution in [2.75, 3.05) is 31.9 Å². The van der Waals surface area contributed by atoms with Gasteiger partial charge in [-0.15, -0.1) is 0 Å². The van der Waals surface area contributed by atoms with Crippen molar-refractivity contribution < 1.29 is 8.42 Å². The van der Waals surface area contributed by atoms with Crippen molar-refractivity contribution >= 4 is 9.84 Å². The summed E-state index contributed by atoms with van der Waals surface area (Å²) in [6.45, 7) is 6.92. The summed E-state index contributed by atoms with van der Waals surface area (Å²) in [6.07, 6.45) is 0. The van der Waals surface area contributed by atoms with E-state index in [1.165, 1.54) is 0 Å². The molecule has 1 fully saturated rings. The smallest absolute Gasteiger partial charge is 0.179 e. The molecule has 1 saturated heterocycles. The Bertz CT molecular complexity index is 577. The highest BCUT2D eigenvalue weighted by Crippen LogP contribution is 2.35. The molecule has 0 aliphatic carbocycles. The summed E-state index contributed by atoms with van der Waals surface area (Å²) in [5.74, 6) is 0.396. The Balaban J connectivity index is 1.85. The van der Waals surface area contributed by atoms with Crippen molar-refractivity contribution in [2.24, 2.45) is 0 Å². The molecule has 0 radical (unpaired) electrons. The Morgan fingerprint density at radius 3 is 2.79 bits per heavy atom. The monoisotopic (exact) mass is 280 g/mol. The Morgan fingerprint density at radius 2 is 2.05 bits per heavy atom. The molecule has 1 atom stereocenters. The molecule has 0 saturated carbocycles. The van der Waals surface area contributed by atoms with Crippen molar-refractivity contribution in [1.82, 2.24) is 10.2 Å². The van der Waals surface area contributed by atoms with Crippen LogP contribution in [0.5, 0.6) is 0 Å². The molecule has 1 N–H and O–H groups in total. The van der Waals surface area contributed by atoms with Gasteiger partial charge in [-0.05, 0) is 23.1 Å². The first-order chi connectivity index (χ1) is 9.06. The van der Waals surface area contributed by atoms with Gasteiger partial charge in [0.05, 0.1) is 10.6 Å². The van der Waals surface area contributed by atoms with Crippen molar-refractivity contribution in [3.8, 4) is 0 Å². The summed E-state index contributed by atoms with van der Waals surface area (Å²) in [5, 5.41) is 3.32. The molecule has 3 rings (SSSR count). The minimum atomic E-state index is -3.05. The maximum absolute atomic E-state index is 12.1. The first-order valence-corrected chi connectivity index (χ1v) is 8.50. The van der Waals surface area contributed by atoms with E-state index < -0.39 is 9.84 Å². The molecule has 0 aromatic heterocycles. The van der Waals surface area contributed by atoms with Crippen molar-refractivity contribution in [2.45, 2.75) is 24.3 Å². The van der Waals surface area contributed by atoms with Crippen LogP contribution >= 0.6 is 0 Å². The Hall–Kier alpha value is -0.910. The van der Waals surface area contributed by atoms with Crippen LogP contribution in [-0.4, -0.2) is 45.2 Å². The highest BCUT2D eigenvalue weighted by Gasteiger charge is 2.32. The molecule has 5 heteroatoms. The lowest BCUT2D eigenvalue weighted by atomic mass is 10.0. The molecule has 1 unspecified atom stereocenters. The number of fused-ring (bicyclic) bond motifs is 1. The molecule has 1 aromatic carbocycles. The second-order valence-corrected chi connectivity index (χ2v) is 7.58. The standard InChI is InChI=1S/C14H20N2O2S/c1-11-10-19(17,18)14-8-12(2-3-13(11)14)9-16-6-4-15-5-7-16/h2-3,8,11,15H,4-7,9-10H2,1H3. The molecule has 104 valence electrons. The minimum absolute atomic E-state index is 0.133. The molecular weight excluding hydrogens is 260 g/mol. The van der Waals surface area contributed by atoms with Gasteiger partial charge in [-0.2, -0.15) is 0 Å². The van der Waals surface area contributed by atoms with E-state index >= 15 is 0 Å². The van der Waals surface area contributed by atoms with E-state index in [-0.39, 0.29) is 11.7 Å². The predicted molar refractivity (Wildman–Crippen MR) is 75.1 cm³/mol. The van der Waals surface area contributed by atoms with Crippen LogP contribution in [0.4, 0.5) is 0 Å². The van der Waals surface area contributed by atoms with Gasteiger partial charge in [-0.25, -0.2) is 8.42 Å². The van der Waals surface area contributed by atoms with Gasteiger partial charge in [0.2, 0.25) is 0 Å². The highest BCUT2D eigenvalue weighted by atomic mass is 32.2. The van der Waals surface area contributed by atoms with Gasteiger partial charge in [0.1, 0.15) is 0 Å². The fourth-order valence-electron chi connectivity index (χ4n) is 2.99. The van der Waals surface area contributed by atoms with E-state index in [9.17, 15) is 8.42 Å². The van der Waals surface area contributed by atoms with Crippen LogP contribution in [0.2, 0.25) is 0 Å². The van der Waals surface area contributed by atoms with E-state index in [4.69, 9.17) is 0 Å². The number of piperazine rings is 1. The molecule has 2 aliphatic heterocycles. The Kier molecular flexibility index (Phi) is 3.37. The zero-order valence-corrected chi connectivity index (χ0v) is 12.0. The maximum Gasteiger partial charge on any atom is 0.179 e. The van der Waals surface area contributed by atoms with Crippen LogP contribution in [0.15, 0.2) is 23.1 Å². The van der Waals surface area contributed by atoms with Crippen molar-refractivity contribution in [3.63, 3.8) is 0 Å². The number of hydrogen-bond acceptors (Lipinski definition) is 4. The molecule has 0 spiro atoms. The zero-order valence-electron chi connectivity index (χ0n) is 11.2. The van der Waals surface area contributed by atoms with E-state index in [2.05, 4.69) is 16.3 Å². The van der Waals surface area contributed by atoms with E-state index in [1.54, 1.807) is 0 Å². The average Bonchev–Trinajstić information content (AvgIpc) is 2.61. The summed E-state index contributed by atoms with van der Waals surface area (Å²) >= 11 is 0. The number of hydrogen-bond donors (Lipinski definition) is 1. The number of benzene rings is 1. The van der Waals surface area contributed by atoms with Crippen LogP contribution < -0.4 is 5.32 Å². The number of nitrogens with zero attached hydrogens (tertiary/aromatic N) is 1. The van der Waals surface area contributed by atoms with E-state index in [1.807, 2.05) is 19.1 Å². The summed E-state index contributed by atoms with van der Waals surface area (Å²) in [4.78, 5) is 2.93. The van der Waals surface area contributed by atoms with Crippen LogP contribution in [-0.2, 0) is 16.4 Å². The molecule has 0 amide bonds. The predicted octanol–water partition coefficient (Wildman–Crippen LogP) is 0.983. The SMILES string of the molecule is CC1CS(=O)(=O)c2cc(CN3CCNCC3)ccc21. The summed E-state index contributed by atoms with van der Waals surface area (Å²) < 4.78 is 24.2. The highest BCUT2D eigenvalue weighted by molar-refractivity contribution is 7.91. The van der Waals surface area contributed by atoms with Gasteiger partial charge < -0.3 is 5.32 Å². The summed E-state index contributed by atoms with van der Waals surface area (Å²) in [7, 11) is -3.05. The van der Waals surface area contributed by atoms with Gasteiger partial charge in [0.25, 0.3) is 0 Å². The molecular formula is C14H20N2O2S. The largest absolute Gasteiger partial charge is 0.314 e. The van der Waals surface area contributed by atoms with Crippen LogP contribution in [0, 0.1) is 0 Å².